The van der Waals surface area contributed by atoms with Gasteiger partial charge in [0.2, 0.25) is 17.7 Å². The van der Waals surface area contributed by atoms with Crippen LogP contribution in [0.4, 0.5) is 21.5 Å². The van der Waals surface area contributed by atoms with Gasteiger partial charge in [0.1, 0.15) is 5.82 Å². The number of fused-ring (bicyclic) bond motifs is 1. The Labute approximate surface area is 174 Å². The monoisotopic (exact) mass is 412 g/mol. The topological polar surface area (TPSA) is 81.8 Å². The molecule has 30 heavy (non-hydrogen) atoms. The molecule has 3 rings (SSSR count). The molecule has 0 bridgehead atoms. The van der Waals surface area contributed by atoms with Crippen molar-refractivity contribution in [2.24, 2.45) is 0 Å². The van der Waals surface area contributed by atoms with Crippen LogP contribution in [0.5, 0.6) is 0 Å². The van der Waals surface area contributed by atoms with E-state index in [-0.39, 0.29) is 43.3 Å². The fourth-order valence-corrected chi connectivity index (χ4v) is 3.49. The van der Waals surface area contributed by atoms with Crippen LogP contribution in [0.15, 0.2) is 42.5 Å². The van der Waals surface area contributed by atoms with Gasteiger partial charge in [0, 0.05) is 18.2 Å². The van der Waals surface area contributed by atoms with Crippen LogP contribution in [0.1, 0.15) is 18.9 Å². The Bertz CT molecular complexity index is 979. The molecule has 8 heteroatoms. The molecule has 0 radical (unpaired) electrons. The number of anilines is 3. The van der Waals surface area contributed by atoms with Crippen molar-refractivity contribution in [2.45, 2.75) is 26.3 Å². The summed E-state index contributed by atoms with van der Waals surface area (Å²) < 4.78 is 13.4. The van der Waals surface area contributed by atoms with E-state index >= 15 is 0 Å². The molecule has 1 heterocycles. The maximum atomic E-state index is 13.4. The first-order chi connectivity index (χ1) is 14.2. The second-order valence-electron chi connectivity index (χ2n) is 7.56. The first-order valence-corrected chi connectivity index (χ1v) is 9.70. The Morgan fingerprint density at radius 3 is 2.73 bits per heavy atom. The molecule has 0 fully saturated rings. The highest BCUT2D eigenvalue weighted by molar-refractivity contribution is 6.05. The van der Waals surface area contributed by atoms with E-state index in [0.29, 0.717) is 17.1 Å². The van der Waals surface area contributed by atoms with E-state index in [0.717, 1.165) is 5.56 Å². The van der Waals surface area contributed by atoms with Crippen LogP contribution in [0, 0.1) is 12.7 Å². The molecule has 2 aromatic carbocycles. The first kappa shape index (κ1) is 21.4. The summed E-state index contributed by atoms with van der Waals surface area (Å²) in [6, 6.07) is 11.0. The molecule has 158 valence electrons. The molecule has 0 unspecified atom stereocenters. The van der Waals surface area contributed by atoms with Gasteiger partial charge < -0.3 is 15.5 Å². The molecule has 3 amide bonds. The molecule has 2 N–H and O–H groups in total. The second-order valence-corrected chi connectivity index (χ2v) is 7.56. The zero-order valence-electron chi connectivity index (χ0n) is 17.2. The Balaban J connectivity index is 1.67. The summed E-state index contributed by atoms with van der Waals surface area (Å²) in [6.07, 6.45) is 0.184. The average Bonchev–Trinajstić information content (AvgIpc) is 2.78. The fraction of sp³-hybridized carbons (Fsp3) is 0.318. The number of rotatable bonds is 5. The summed E-state index contributed by atoms with van der Waals surface area (Å²) in [5.74, 6) is -1.15. The molecule has 1 atom stereocenters. The van der Waals surface area contributed by atoms with Gasteiger partial charge in [-0.2, -0.15) is 0 Å². The summed E-state index contributed by atoms with van der Waals surface area (Å²) in [4.78, 5) is 40.7. The predicted octanol–water partition coefficient (Wildman–Crippen LogP) is 2.77. The lowest BCUT2D eigenvalue weighted by Gasteiger charge is -2.29. The fourth-order valence-electron chi connectivity index (χ4n) is 3.49. The van der Waals surface area contributed by atoms with Crippen molar-refractivity contribution >= 4 is 34.8 Å². The van der Waals surface area contributed by atoms with E-state index < -0.39 is 5.82 Å². The summed E-state index contributed by atoms with van der Waals surface area (Å²) in [7, 11) is 1.66. The van der Waals surface area contributed by atoms with Crippen LogP contribution in [0.25, 0.3) is 0 Å². The van der Waals surface area contributed by atoms with Gasteiger partial charge in [-0.25, -0.2) is 4.39 Å². The molecular weight excluding hydrogens is 387 g/mol. The number of nitrogens with one attached hydrogen (secondary N) is 2. The lowest BCUT2D eigenvalue weighted by atomic mass is 10.1. The number of benzene rings is 2. The Morgan fingerprint density at radius 2 is 1.97 bits per heavy atom. The number of carbonyl (C=O) groups excluding carboxylic acids is 3. The molecule has 7 nitrogen and oxygen atoms in total. The van der Waals surface area contributed by atoms with Crippen LogP contribution < -0.4 is 15.5 Å². The normalized spacial score (nSPS) is 16.0. The highest BCUT2D eigenvalue weighted by Crippen LogP contribution is 2.31. The summed E-state index contributed by atoms with van der Waals surface area (Å²) >= 11 is 0. The maximum absolute atomic E-state index is 13.4. The minimum atomic E-state index is -0.434. The number of halogens is 1. The predicted molar refractivity (Wildman–Crippen MR) is 114 cm³/mol. The number of hydrogen-bond acceptors (Lipinski definition) is 4. The standard InChI is InChI=1S/C22H25FN4O3/c1-14-8-9-16(23)11-18(14)25-21(29)12-26(3)13-22(30)27-15(2)10-20(28)24-17-6-4-5-7-19(17)27/h4-9,11,15H,10,12-13H2,1-3H3,(H,24,28)(H,25,29)/t15-/m0/s1. The number of hydrogen-bond donors (Lipinski definition) is 2. The van der Waals surface area contributed by atoms with Gasteiger partial charge >= 0.3 is 0 Å². The van der Waals surface area contributed by atoms with Gasteiger partial charge in [0.15, 0.2) is 0 Å². The smallest absolute Gasteiger partial charge is 0.241 e. The molecule has 2 aromatic rings. The highest BCUT2D eigenvalue weighted by atomic mass is 19.1. The van der Waals surface area contributed by atoms with Gasteiger partial charge in [-0.1, -0.05) is 18.2 Å². The van der Waals surface area contributed by atoms with Gasteiger partial charge in [0.05, 0.1) is 24.5 Å². The molecule has 0 saturated carbocycles. The van der Waals surface area contributed by atoms with E-state index in [1.807, 2.05) is 13.0 Å². The molecular formula is C22H25FN4O3. The van der Waals surface area contributed by atoms with Crippen molar-refractivity contribution in [3.8, 4) is 0 Å². The summed E-state index contributed by atoms with van der Waals surface area (Å²) in [5.41, 5.74) is 2.37. The maximum Gasteiger partial charge on any atom is 0.241 e. The molecule has 0 aliphatic carbocycles. The van der Waals surface area contributed by atoms with Crippen LogP contribution in [0.2, 0.25) is 0 Å². The van der Waals surface area contributed by atoms with Crippen molar-refractivity contribution < 1.29 is 18.8 Å². The van der Waals surface area contributed by atoms with Crippen molar-refractivity contribution in [2.75, 3.05) is 35.7 Å². The second kappa shape index (κ2) is 9.04. The minimum Gasteiger partial charge on any atom is -0.325 e. The SMILES string of the molecule is Cc1ccc(F)cc1NC(=O)CN(C)CC(=O)N1c2ccccc2NC(=O)C[C@@H]1C. The van der Waals surface area contributed by atoms with Crippen LogP contribution >= 0.6 is 0 Å². The number of nitrogens with zero attached hydrogens (tertiary/aromatic N) is 2. The minimum absolute atomic E-state index is 0.0115. The van der Waals surface area contributed by atoms with Gasteiger partial charge in [-0.15, -0.1) is 0 Å². The van der Waals surface area contributed by atoms with E-state index in [2.05, 4.69) is 10.6 Å². The average molecular weight is 412 g/mol. The third-order valence-electron chi connectivity index (χ3n) is 4.92. The zero-order valence-corrected chi connectivity index (χ0v) is 17.2. The largest absolute Gasteiger partial charge is 0.325 e. The van der Waals surface area contributed by atoms with Crippen LogP contribution in [-0.2, 0) is 14.4 Å². The lowest BCUT2D eigenvalue weighted by molar-refractivity contribution is -0.121. The Kier molecular flexibility index (Phi) is 6.47. The van der Waals surface area contributed by atoms with E-state index in [4.69, 9.17) is 0 Å². The number of aryl methyl sites for hydroxylation is 1. The molecule has 0 saturated heterocycles. The van der Waals surface area contributed by atoms with E-state index in [1.54, 1.807) is 48.0 Å². The van der Waals surface area contributed by atoms with Crippen molar-refractivity contribution in [3.63, 3.8) is 0 Å². The first-order valence-electron chi connectivity index (χ1n) is 9.70. The molecule has 1 aliphatic heterocycles. The zero-order chi connectivity index (χ0) is 21.8. The van der Waals surface area contributed by atoms with Gasteiger partial charge in [-0.3, -0.25) is 19.3 Å². The molecule has 0 aromatic heterocycles. The number of carbonyl (C=O) groups is 3. The number of amides is 3. The molecule has 0 spiro atoms. The summed E-state index contributed by atoms with van der Waals surface area (Å²) in [5, 5.41) is 5.49. The Morgan fingerprint density at radius 1 is 1.23 bits per heavy atom. The third-order valence-corrected chi connectivity index (χ3v) is 4.92. The quantitative estimate of drug-likeness (QED) is 0.791. The van der Waals surface area contributed by atoms with Crippen LogP contribution in [-0.4, -0.2) is 48.8 Å². The van der Waals surface area contributed by atoms with Gasteiger partial charge in [-0.05, 0) is 50.7 Å². The van der Waals surface area contributed by atoms with E-state index in [9.17, 15) is 18.8 Å². The summed E-state index contributed by atoms with van der Waals surface area (Å²) in [6.45, 7) is 3.54. The van der Waals surface area contributed by atoms with E-state index in [1.165, 1.54) is 12.1 Å². The molecule has 1 aliphatic rings. The van der Waals surface area contributed by atoms with Crippen molar-refractivity contribution in [1.29, 1.82) is 0 Å². The third kappa shape index (κ3) is 5.01. The van der Waals surface area contributed by atoms with Crippen LogP contribution in [0.3, 0.4) is 0 Å². The van der Waals surface area contributed by atoms with Crippen molar-refractivity contribution in [3.05, 3.63) is 53.8 Å². The van der Waals surface area contributed by atoms with Crippen molar-refractivity contribution in [1.82, 2.24) is 4.90 Å². The lowest BCUT2D eigenvalue weighted by Crippen LogP contribution is -2.45. The number of likely N-dealkylation sites (N-methyl/N-ethyl adjacent to an activating group) is 1. The van der Waals surface area contributed by atoms with Gasteiger partial charge in [0.25, 0.3) is 0 Å². The highest BCUT2D eigenvalue weighted by Gasteiger charge is 2.30. The number of para-hydroxylation sites is 2. The Hall–Kier alpha value is -3.26.